The van der Waals surface area contributed by atoms with Gasteiger partial charge in [0.2, 0.25) is 0 Å². The van der Waals surface area contributed by atoms with Crippen molar-refractivity contribution in [2.24, 2.45) is 5.92 Å². The van der Waals surface area contributed by atoms with Crippen LogP contribution in [0.15, 0.2) is 0 Å². The molecule has 0 aliphatic heterocycles. The van der Waals surface area contributed by atoms with Crippen molar-refractivity contribution in [1.29, 1.82) is 0 Å². The van der Waals surface area contributed by atoms with Gasteiger partial charge in [0, 0.05) is 19.0 Å². The molecule has 1 fully saturated rings. The van der Waals surface area contributed by atoms with E-state index in [0.29, 0.717) is 0 Å². The Morgan fingerprint density at radius 2 is 1.86 bits per heavy atom. The van der Waals surface area contributed by atoms with Gasteiger partial charge < -0.3 is 15.7 Å². The van der Waals surface area contributed by atoms with Crippen molar-refractivity contribution >= 4 is 11.6 Å². The monoisotopic (exact) mass is 292 g/mol. The summed E-state index contributed by atoms with van der Waals surface area (Å²) in [4.78, 5) is 9.13. The highest BCUT2D eigenvalue weighted by Gasteiger charge is 2.34. The van der Waals surface area contributed by atoms with Gasteiger partial charge >= 0.3 is 0 Å². The van der Waals surface area contributed by atoms with Gasteiger partial charge in [0.15, 0.2) is 0 Å². The zero-order valence-electron chi connectivity index (χ0n) is 13.7. The average Bonchev–Trinajstić information content (AvgIpc) is 2.51. The van der Waals surface area contributed by atoms with E-state index in [1.54, 1.807) is 0 Å². The summed E-state index contributed by atoms with van der Waals surface area (Å²) in [6.07, 6.45) is 5.08. The smallest absolute Gasteiger partial charge is 0.135 e. The molecule has 1 aromatic heterocycles. The van der Waals surface area contributed by atoms with Crippen molar-refractivity contribution in [1.82, 2.24) is 9.97 Å². The molecule has 1 aliphatic carbocycles. The highest BCUT2D eigenvalue weighted by atomic mass is 16.3. The SMILES string of the molecule is CCc1nc(NC)c(C)c(NC2(CO)CCC(C)CC2)n1. The second kappa shape index (κ2) is 6.60. The largest absolute Gasteiger partial charge is 0.394 e. The lowest BCUT2D eigenvalue weighted by Gasteiger charge is -2.39. The third kappa shape index (κ3) is 3.46. The van der Waals surface area contributed by atoms with Crippen molar-refractivity contribution in [3.05, 3.63) is 11.4 Å². The molecule has 1 aliphatic rings. The van der Waals surface area contributed by atoms with E-state index in [0.717, 1.165) is 61.0 Å². The average molecular weight is 292 g/mol. The summed E-state index contributed by atoms with van der Waals surface area (Å²) in [6, 6.07) is 0. The Labute approximate surface area is 127 Å². The Morgan fingerprint density at radius 1 is 1.24 bits per heavy atom. The molecule has 1 heterocycles. The first kappa shape index (κ1) is 16.0. The number of nitrogens with one attached hydrogen (secondary N) is 2. The Balaban J connectivity index is 2.28. The lowest BCUT2D eigenvalue weighted by Crippen LogP contribution is -2.45. The van der Waals surface area contributed by atoms with Crippen LogP contribution in [0.3, 0.4) is 0 Å². The van der Waals surface area contributed by atoms with Crippen LogP contribution in [0.4, 0.5) is 11.6 Å². The number of hydrogen-bond acceptors (Lipinski definition) is 5. The van der Waals surface area contributed by atoms with Crippen LogP contribution in [0.2, 0.25) is 0 Å². The number of aromatic nitrogens is 2. The number of nitrogens with zero attached hydrogens (tertiary/aromatic N) is 2. The minimum absolute atomic E-state index is 0.152. The van der Waals surface area contributed by atoms with Crippen LogP contribution in [-0.4, -0.2) is 34.3 Å². The van der Waals surface area contributed by atoms with Gasteiger partial charge in [-0.2, -0.15) is 0 Å². The van der Waals surface area contributed by atoms with Crippen LogP contribution in [0.5, 0.6) is 0 Å². The zero-order valence-corrected chi connectivity index (χ0v) is 13.7. The highest BCUT2D eigenvalue weighted by molar-refractivity contribution is 5.58. The zero-order chi connectivity index (χ0) is 15.5. The van der Waals surface area contributed by atoms with Gasteiger partial charge in [-0.05, 0) is 38.5 Å². The van der Waals surface area contributed by atoms with Gasteiger partial charge in [0.25, 0.3) is 0 Å². The summed E-state index contributed by atoms with van der Waals surface area (Å²) in [5, 5.41) is 16.6. The molecule has 21 heavy (non-hydrogen) atoms. The van der Waals surface area contributed by atoms with Crippen LogP contribution >= 0.6 is 0 Å². The van der Waals surface area contributed by atoms with Gasteiger partial charge in [-0.15, -0.1) is 0 Å². The minimum atomic E-state index is -0.234. The number of aliphatic hydroxyl groups excluding tert-OH is 1. The molecular weight excluding hydrogens is 264 g/mol. The minimum Gasteiger partial charge on any atom is -0.394 e. The number of rotatable bonds is 5. The predicted octanol–water partition coefficient (Wildman–Crippen LogP) is 2.74. The van der Waals surface area contributed by atoms with Crippen molar-refractivity contribution in [2.45, 2.75) is 58.4 Å². The van der Waals surface area contributed by atoms with Crippen LogP contribution < -0.4 is 10.6 Å². The van der Waals surface area contributed by atoms with Crippen molar-refractivity contribution in [3.63, 3.8) is 0 Å². The van der Waals surface area contributed by atoms with Crippen LogP contribution in [-0.2, 0) is 6.42 Å². The van der Waals surface area contributed by atoms with E-state index >= 15 is 0 Å². The van der Waals surface area contributed by atoms with Gasteiger partial charge in [0.05, 0.1) is 12.1 Å². The maximum absolute atomic E-state index is 9.91. The molecule has 0 spiro atoms. The molecule has 0 aromatic carbocycles. The molecule has 0 bridgehead atoms. The fraction of sp³-hybridized carbons (Fsp3) is 0.750. The molecule has 5 nitrogen and oxygen atoms in total. The van der Waals surface area contributed by atoms with E-state index < -0.39 is 0 Å². The first-order valence-electron chi connectivity index (χ1n) is 7.98. The Kier molecular flexibility index (Phi) is 5.04. The predicted molar refractivity (Wildman–Crippen MR) is 86.8 cm³/mol. The molecule has 1 saturated carbocycles. The second-order valence-corrected chi connectivity index (χ2v) is 6.31. The van der Waals surface area contributed by atoms with Gasteiger partial charge in [0.1, 0.15) is 17.5 Å². The summed E-state index contributed by atoms with van der Waals surface area (Å²) < 4.78 is 0. The van der Waals surface area contributed by atoms with Gasteiger partial charge in [-0.25, -0.2) is 9.97 Å². The quantitative estimate of drug-likeness (QED) is 0.778. The van der Waals surface area contributed by atoms with Crippen molar-refractivity contribution in [3.8, 4) is 0 Å². The third-order valence-corrected chi connectivity index (χ3v) is 4.66. The second-order valence-electron chi connectivity index (χ2n) is 6.31. The maximum Gasteiger partial charge on any atom is 0.135 e. The molecule has 3 N–H and O–H groups in total. The molecule has 1 aromatic rings. The Hall–Kier alpha value is -1.36. The Morgan fingerprint density at radius 3 is 2.38 bits per heavy atom. The van der Waals surface area contributed by atoms with Crippen LogP contribution in [0.1, 0.15) is 50.9 Å². The summed E-state index contributed by atoms with van der Waals surface area (Å²) in [5.74, 6) is 3.29. The topological polar surface area (TPSA) is 70.1 Å². The first-order chi connectivity index (χ1) is 10.0. The first-order valence-corrected chi connectivity index (χ1v) is 7.98. The van der Waals surface area contributed by atoms with Gasteiger partial charge in [-0.1, -0.05) is 13.8 Å². The molecule has 0 atom stereocenters. The van der Waals surface area contributed by atoms with Crippen LogP contribution in [0.25, 0.3) is 0 Å². The lowest BCUT2D eigenvalue weighted by atomic mass is 9.77. The molecule has 0 radical (unpaired) electrons. The van der Waals surface area contributed by atoms with Gasteiger partial charge in [-0.3, -0.25) is 0 Å². The van der Waals surface area contributed by atoms with Crippen LogP contribution in [0, 0.1) is 12.8 Å². The molecular formula is C16H28N4O. The maximum atomic E-state index is 9.91. The standard InChI is InChI=1S/C16H28N4O/c1-5-13-18-14(17-4)12(3)15(19-13)20-16(10-21)8-6-11(2)7-9-16/h11,21H,5-10H2,1-4H3,(H2,17,18,19,20). The van der Waals surface area contributed by atoms with E-state index in [1.807, 2.05) is 14.0 Å². The number of aliphatic hydroxyl groups is 1. The number of aryl methyl sites for hydroxylation is 1. The molecule has 0 saturated heterocycles. The molecule has 5 heteroatoms. The Bertz CT molecular complexity index is 481. The van der Waals surface area contributed by atoms with E-state index in [2.05, 4.69) is 34.4 Å². The summed E-state index contributed by atoms with van der Waals surface area (Å²) in [5.41, 5.74) is 0.780. The normalized spacial score (nSPS) is 25.7. The van der Waals surface area contributed by atoms with E-state index in [-0.39, 0.29) is 12.1 Å². The molecule has 0 amide bonds. The third-order valence-electron chi connectivity index (χ3n) is 4.66. The highest BCUT2D eigenvalue weighted by Crippen LogP contribution is 2.35. The molecule has 2 rings (SSSR count). The number of anilines is 2. The lowest BCUT2D eigenvalue weighted by molar-refractivity contribution is 0.155. The van der Waals surface area contributed by atoms with E-state index in [9.17, 15) is 5.11 Å². The number of hydrogen-bond donors (Lipinski definition) is 3. The van der Waals surface area contributed by atoms with Crippen molar-refractivity contribution < 1.29 is 5.11 Å². The fourth-order valence-corrected chi connectivity index (χ4v) is 2.97. The van der Waals surface area contributed by atoms with E-state index in [4.69, 9.17) is 0 Å². The van der Waals surface area contributed by atoms with E-state index in [1.165, 1.54) is 0 Å². The summed E-state index contributed by atoms with van der Waals surface area (Å²) >= 11 is 0. The molecule has 118 valence electrons. The fourth-order valence-electron chi connectivity index (χ4n) is 2.97. The summed E-state index contributed by atoms with van der Waals surface area (Å²) in [7, 11) is 1.88. The summed E-state index contributed by atoms with van der Waals surface area (Å²) in [6.45, 7) is 6.51. The molecule has 0 unspecified atom stereocenters. The van der Waals surface area contributed by atoms with Crippen molar-refractivity contribution in [2.75, 3.05) is 24.3 Å².